The van der Waals surface area contributed by atoms with E-state index in [0.29, 0.717) is 44.0 Å². The van der Waals surface area contributed by atoms with Crippen molar-refractivity contribution in [3.63, 3.8) is 0 Å². The van der Waals surface area contributed by atoms with Gasteiger partial charge in [-0.25, -0.2) is 0 Å². The Balaban J connectivity index is 1.44. The summed E-state index contributed by atoms with van der Waals surface area (Å²) in [6.45, 7) is 3.93. The molecule has 1 N–H and O–H groups in total. The van der Waals surface area contributed by atoms with Crippen LogP contribution in [-0.4, -0.2) is 61.4 Å². The van der Waals surface area contributed by atoms with Crippen molar-refractivity contribution in [3.8, 4) is 27.7 Å². The molecule has 9 nitrogen and oxygen atoms in total. The van der Waals surface area contributed by atoms with Crippen LogP contribution >= 0.6 is 11.3 Å². The predicted octanol–water partition coefficient (Wildman–Crippen LogP) is 3.92. The number of benzene rings is 3. The second-order valence-electron chi connectivity index (χ2n) is 10.3. The number of piperidine rings is 1. The molecule has 0 aliphatic carbocycles. The van der Waals surface area contributed by atoms with Gasteiger partial charge in [0.15, 0.2) is 5.78 Å². The van der Waals surface area contributed by atoms with Gasteiger partial charge in [0.2, 0.25) is 0 Å². The summed E-state index contributed by atoms with van der Waals surface area (Å²) in [6.07, 6.45) is 5.76. The Hall–Kier alpha value is -3.45. The van der Waals surface area contributed by atoms with Crippen molar-refractivity contribution >= 4 is 47.4 Å². The zero-order chi connectivity index (χ0) is 29.9. The minimum absolute atomic E-state index is 0.140. The predicted molar refractivity (Wildman–Crippen MR) is 163 cm³/mol. The quantitative estimate of drug-likeness (QED) is 0.196. The Morgan fingerprint density at radius 2 is 1.38 bits per heavy atom. The lowest BCUT2D eigenvalue weighted by molar-refractivity contribution is -0.904. The normalized spacial score (nSPS) is 14.5. The van der Waals surface area contributed by atoms with Crippen molar-refractivity contribution < 1.29 is 39.6 Å². The molecule has 0 saturated carbocycles. The molecule has 0 radical (unpaired) electrons. The lowest BCUT2D eigenvalue weighted by atomic mass is 9.97. The smallest absolute Gasteiger partial charge is 0.306 e. The van der Waals surface area contributed by atoms with Crippen molar-refractivity contribution in [3.05, 3.63) is 77.9 Å². The van der Waals surface area contributed by atoms with E-state index in [9.17, 15) is 21.6 Å². The van der Waals surface area contributed by atoms with E-state index in [0.717, 1.165) is 19.1 Å². The van der Waals surface area contributed by atoms with Crippen LogP contribution in [0.4, 0.5) is 0 Å². The summed E-state index contributed by atoms with van der Waals surface area (Å²) in [5.74, 6) is 0.773. The average Bonchev–Trinajstić information content (AvgIpc) is 3.31. The summed E-state index contributed by atoms with van der Waals surface area (Å²) in [7, 11) is -7.43. The van der Waals surface area contributed by atoms with Crippen molar-refractivity contribution in [2.24, 2.45) is 0 Å². The second-order valence-corrected chi connectivity index (χ2v) is 14.5. The van der Waals surface area contributed by atoms with Crippen LogP contribution < -0.4 is 18.0 Å². The number of carbonyl (C=O) groups is 1. The van der Waals surface area contributed by atoms with E-state index in [-0.39, 0.29) is 17.3 Å². The van der Waals surface area contributed by atoms with Crippen LogP contribution in [0.15, 0.2) is 66.7 Å². The maximum absolute atomic E-state index is 13.9. The molecule has 1 saturated heterocycles. The zero-order valence-electron chi connectivity index (χ0n) is 23.3. The first-order chi connectivity index (χ1) is 19.9. The number of ketones is 1. The molecule has 0 bridgehead atoms. The summed E-state index contributed by atoms with van der Waals surface area (Å²) in [6, 6.07) is 18.2. The molecule has 3 aromatic carbocycles. The molecule has 42 heavy (non-hydrogen) atoms. The second kappa shape index (κ2) is 12.4. The van der Waals surface area contributed by atoms with Crippen molar-refractivity contribution in [2.45, 2.75) is 19.3 Å². The summed E-state index contributed by atoms with van der Waals surface area (Å²) >= 11 is 1.31. The topological polar surface area (TPSA) is 117 Å². The van der Waals surface area contributed by atoms with Crippen molar-refractivity contribution in [1.29, 1.82) is 0 Å². The third kappa shape index (κ3) is 7.68. The minimum Gasteiger partial charge on any atom is -0.488 e. The first-order valence-electron chi connectivity index (χ1n) is 13.5. The minimum atomic E-state index is -3.74. The Kier molecular flexibility index (Phi) is 8.88. The van der Waals surface area contributed by atoms with Crippen molar-refractivity contribution in [2.75, 3.05) is 38.8 Å². The molecule has 1 fully saturated rings. The molecular formula is C30H32NO8S3+. The largest absolute Gasteiger partial charge is 0.488 e. The number of quaternary nitrogens is 1. The van der Waals surface area contributed by atoms with Crippen LogP contribution in [0, 0.1) is 0 Å². The summed E-state index contributed by atoms with van der Waals surface area (Å²) in [5.41, 5.74) is 1.59. The molecule has 12 heteroatoms. The van der Waals surface area contributed by atoms with Crippen LogP contribution in [0.3, 0.4) is 0 Å². The molecule has 0 amide bonds. The van der Waals surface area contributed by atoms with Gasteiger partial charge in [0.25, 0.3) is 0 Å². The van der Waals surface area contributed by atoms with Gasteiger partial charge in [0.1, 0.15) is 30.4 Å². The molecule has 1 aliphatic rings. The Bertz CT molecular complexity index is 1790. The Morgan fingerprint density at radius 1 is 0.786 bits per heavy atom. The van der Waals surface area contributed by atoms with E-state index < -0.39 is 20.2 Å². The van der Waals surface area contributed by atoms with Crippen LogP contribution in [-0.2, 0) is 20.2 Å². The first-order valence-corrected chi connectivity index (χ1v) is 18.0. The van der Waals surface area contributed by atoms with Gasteiger partial charge in [0.05, 0.1) is 25.6 Å². The summed E-state index contributed by atoms with van der Waals surface area (Å²) in [4.78, 5) is 16.1. The SMILES string of the molecule is CS(=O)(=O)Oc1ccc(-c2sc3cc(OS(C)(=O)=O)ccc3c2C(=O)c2ccc(OCC[NH+]3CCCCC3)cc2)cc1. The van der Waals surface area contributed by atoms with Crippen LogP contribution in [0.2, 0.25) is 0 Å². The van der Waals surface area contributed by atoms with E-state index in [4.69, 9.17) is 13.1 Å². The lowest BCUT2D eigenvalue weighted by Crippen LogP contribution is -3.13. The maximum Gasteiger partial charge on any atom is 0.306 e. The first kappa shape index (κ1) is 30.0. The number of carbonyl (C=O) groups excluding carboxylic acids is 1. The standard InChI is InChI=1S/C30H31NO8S3/c1-41(33,34)38-24-12-8-22(9-13-24)30-28(26-15-14-25(20-27(26)40-30)39-42(2,35)36)29(32)21-6-10-23(11-7-21)37-19-18-31-16-4-3-5-17-31/h6-15,20H,3-5,16-19H2,1-2H3/p+1. The Labute approximate surface area is 249 Å². The number of thiophene rings is 1. The number of nitrogens with one attached hydrogen (secondary N) is 1. The van der Waals surface area contributed by atoms with Gasteiger partial charge >= 0.3 is 20.2 Å². The molecule has 1 aromatic heterocycles. The highest BCUT2D eigenvalue weighted by Crippen LogP contribution is 2.42. The lowest BCUT2D eigenvalue weighted by Gasteiger charge is -2.23. The van der Waals surface area contributed by atoms with E-state index in [2.05, 4.69) is 0 Å². The monoisotopic (exact) mass is 630 g/mol. The molecule has 4 aromatic rings. The van der Waals surface area contributed by atoms with Crippen LogP contribution in [0.5, 0.6) is 17.2 Å². The molecule has 0 unspecified atom stereocenters. The van der Waals surface area contributed by atoms with E-state index in [1.165, 1.54) is 61.9 Å². The molecule has 5 rings (SSSR count). The van der Waals surface area contributed by atoms with E-state index >= 15 is 0 Å². The van der Waals surface area contributed by atoms with Gasteiger partial charge in [-0.3, -0.25) is 4.79 Å². The fraction of sp³-hybridized carbons (Fsp3) is 0.300. The highest BCUT2D eigenvalue weighted by Gasteiger charge is 2.23. The van der Waals surface area contributed by atoms with Gasteiger partial charge in [-0.05, 0) is 91.6 Å². The summed E-state index contributed by atoms with van der Waals surface area (Å²) < 4.78 is 63.1. The number of hydrogen-bond donors (Lipinski definition) is 1. The maximum atomic E-state index is 13.9. The molecule has 0 spiro atoms. The third-order valence-corrected chi connectivity index (χ3v) is 9.09. The van der Waals surface area contributed by atoms with Gasteiger partial charge in [0, 0.05) is 26.1 Å². The van der Waals surface area contributed by atoms with Gasteiger partial charge < -0.3 is 18.0 Å². The highest BCUT2D eigenvalue weighted by atomic mass is 32.2. The molecule has 1 aliphatic heterocycles. The molecule has 0 atom stereocenters. The average molecular weight is 631 g/mol. The van der Waals surface area contributed by atoms with Crippen LogP contribution in [0.1, 0.15) is 35.2 Å². The van der Waals surface area contributed by atoms with Gasteiger partial charge in [-0.2, -0.15) is 16.8 Å². The zero-order valence-corrected chi connectivity index (χ0v) is 25.7. The molecule has 222 valence electrons. The highest BCUT2D eigenvalue weighted by molar-refractivity contribution is 7.86. The van der Waals surface area contributed by atoms with Gasteiger partial charge in [-0.1, -0.05) is 0 Å². The molecular weight excluding hydrogens is 599 g/mol. The number of fused-ring (bicyclic) bond motifs is 1. The number of hydrogen-bond acceptors (Lipinski definition) is 9. The van der Waals surface area contributed by atoms with E-state index in [1.807, 2.05) is 0 Å². The fourth-order valence-corrected chi connectivity index (χ4v) is 7.18. The number of likely N-dealkylation sites (tertiary alicyclic amines) is 1. The van der Waals surface area contributed by atoms with Crippen molar-refractivity contribution in [1.82, 2.24) is 0 Å². The summed E-state index contributed by atoms with van der Waals surface area (Å²) in [5, 5.41) is 0.641. The number of ether oxygens (including phenoxy) is 1. The Morgan fingerprint density at radius 3 is 2.02 bits per heavy atom. The fourth-order valence-electron chi connectivity index (χ4n) is 5.03. The van der Waals surface area contributed by atoms with Crippen LogP contribution in [0.25, 0.3) is 20.5 Å². The van der Waals surface area contributed by atoms with Gasteiger partial charge in [-0.15, -0.1) is 11.3 Å². The third-order valence-electron chi connectivity index (χ3n) is 6.90. The van der Waals surface area contributed by atoms with E-state index in [1.54, 1.807) is 53.4 Å². The number of rotatable bonds is 11. The molecule has 2 heterocycles.